The van der Waals surface area contributed by atoms with Crippen LogP contribution in [-0.2, 0) is 16.0 Å². The molecule has 1 aromatic heterocycles. The standard InChI is InChI=1S/C22H31N3O2/c26-22(7-3-4-18-14-23-21-6-2-1-5-20(18)21)24-19-8-11-25(12-9-19)15-17-10-13-27-16-17/h1-2,5-6,14,17,19,23H,3-4,7-13,15-16H2,(H,24,26). The van der Waals surface area contributed by atoms with E-state index in [2.05, 4.69) is 39.6 Å². The number of likely N-dealkylation sites (tertiary alicyclic amines) is 1. The normalized spacial score (nSPS) is 21.7. The van der Waals surface area contributed by atoms with Gasteiger partial charge in [-0.15, -0.1) is 0 Å². The summed E-state index contributed by atoms with van der Waals surface area (Å²) in [6, 6.07) is 8.70. The first-order chi connectivity index (χ1) is 13.3. The van der Waals surface area contributed by atoms with E-state index in [0.29, 0.717) is 18.4 Å². The Balaban J connectivity index is 1.15. The third-order valence-corrected chi connectivity index (χ3v) is 6.02. The van der Waals surface area contributed by atoms with Crippen molar-refractivity contribution in [3.63, 3.8) is 0 Å². The number of fused-ring (bicyclic) bond motifs is 1. The van der Waals surface area contributed by atoms with E-state index in [9.17, 15) is 4.79 Å². The second kappa shape index (κ2) is 8.89. The van der Waals surface area contributed by atoms with Gasteiger partial charge >= 0.3 is 0 Å². The molecule has 146 valence electrons. The molecule has 2 aliphatic heterocycles. The zero-order chi connectivity index (χ0) is 18.5. The number of H-pyrrole nitrogens is 1. The molecule has 2 aliphatic rings. The zero-order valence-corrected chi connectivity index (χ0v) is 16.1. The van der Waals surface area contributed by atoms with Gasteiger partial charge in [-0.05, 0) is 49.7 Å². The van der Waals surface area contributed by atoms with Crippen LogP contribution in [0, 0.1) is 5.92 Å². The summed E-state index contributed by atoms with van der Waals surface area (Å²) in [5.41, 5.74) is 2.48. The Bertz CT molecular complexity index is 743. The van der Waals surface area contributed by atoms with Crippen molar-refractivity contribution in [1.29, 1.82) is 0 Å². The van der Waals surface area contributed by atoms with Crippen molar-refractivity contribution in [1.82, 2.24) is 15.2 Å². The Morgan fingerprint density at radius 3 is 2.89 bits per heavy atom. The topological polar surface area (TPSA) is 57.4 Å². The van der Waals surface area contributed by atoms with Crippen LogP contribution < -0.4 is 5.32 Å². The van der Waals surface area contributed by atoms with Crippen LogP contribution in [0.1, 0.15) is 37.7 Å². The summed E-state index contributed by atoms with van der Waals surface area (Å²) in [6.07, 6.45) is 7.87. The first kappa shape index (κ1) is 18.5. The maximum Gasteiger partial charge on any atom is 0.220 e. The number of hydrogen-bond acceptors (Lipinski definition) is 3. The second-order valence-electron chi connectivity index (χ2n) is 8.09. The van der Waals surface area contributed by atoms with Crippen molar-refractivity contribution in [2.24, 2.45) is 5.92 Å². The summed E-state index contributed by atoms with van der Waals surface area (Å²) in [6.45, 7) is 5.20. The van der Waals surface area contributed by atoms with Crippen LogP contribution in [0.15, 0.2) is 30.5 Å². The van der Waals surface area contributed by atoms with Crippen LogP contribution in [0.25, 0.3) is 10.9 Å². The van der Waals surface area contributed by atoms with Gasteiger partial charge in [0.25, 0.3) is 0 Å². The number of aromatic amines is 1. The minimum absolute atomic E-state index is 0.206. The van der Waals surface area contributed by atoms with Crippen LogP contribution in [0.5, 0.6) is 0 Å². The minimum atomic E-state index is 0.206. The van der Waals surface area contributed by atoms with Crippen LogP contribution >= 0.6 is 0 Å². The minimum Gasteiger partial charge on any atom is -0.381 e. The molecule has 1 atom stereocenters. The number of ether oxygens (including phenoxy) is 1. The first-order valence-corrected chi connectivity index (χ1v) is 10.4. The van der Waals surface area contributed by atoms with Gasteiger partial charge in [0.1, 0.15) is 0 Å². The molecule has 1 aromatic carbocycles. The molecule has 2 saturated heterocycles. The molecule has 0 spiro atoms. The van der Waals surface area contributed by atoms with Gasteiger partial charge < -0.3 is 19.9 Å². The lowest BCUT2D eigenvalue weighted by atomic mass is 10.0. The van der Waals surface area contributed by atoms with Crippen molar-refractivity contribution in [2.75, 3.05) is 32.8 Å². The number of rotatable bonds is 7. The zero-order valence-electron chi connectivity index (χ0n) is 16.1. The quantitative estimate of drug-likeness (QED) is 0.788. The number of hydrogen-bond donors (Lipinski definition) is 2. The highest BCUT2D eigenvalue weighted by atomic mass is 16.5. The maximum atomic E-state index is 12.3. The van der Waals surface area contributed by atoms with Gasteiger partial charge in [-0.1, -0.05) is 18.2 Å². The van der Waals surface area contributed by atoms with Crippen LogP contribution in [0.4, 0.5) is 0 Å². The van der Waals surface area contributed by atoms with Crippen molar-refractivity contribution >= 4 is 16.8 Å². The Morgan fingerprint density at radius 1 is 1.22 bits per heavy atom. The van der Waals surface area contributed by atoms with Crippen molar-refractivity contribution in [3.05, 3.63) is 36.0 Å². The summed E-state index contributed by atoms with van der Waals surface area (Å²) >= 11 is 0. The molecular weight excluding hydrogens is 338 g/mol. The summed E-state index contributed by atoms with van der Waals surface area (Å²) in [7, 11) is 0. The third-order valence-electron chi connectivity index (χ3n) is 6.02. The summed E-state index contributed by atoms with van der Waals surface area (Å²) in [5, 5.41) is 4.53. The fourth-order valence-corrected chi connectivity index (χ4v) is 4.43. The average molecular weight is 370 g/mol. The van der Waals surface area contributed by atoms with E-state index in [1.54, 1.807) is 0 Å². The number of aromatic nitrogens is 1. The van der Waals surface area contributed by atoms with Gasteiger partial charge in [-0.25, -0.2) is 0 Å². The van der Waals surface area contributed by atoms with E-state index in [4.69, 9.17) is 4.74 Å². The predicted molar refractivity (Wildman–Crippen MR) is 108 cm³/mol. The van der Waals surface area contributed by atoms with Crippen molar-refractivity contribution < 1.29 is 9.53 Å². The van der Waals surface area contributed by atoms with E-state index in [1.165, 1.54) is 22.9 Å². The Kier molecular flexibility index (Phi) is 6.10. The number of nitrogens with one attached hydrogen (secondary N) is 2. The van der Waals surface area contributed by atoms with Gasteiger partial charge in [0.2, 0.25) is 5.91 Å². The highest BCUT2D eigenvalue weighted by molar-refractivity contribution is 5.83. The maximum absolute atomic E-state index is 12.3. The lowest BCUT2D eigenvalue weighted by Crippen LogP contribution is -2.45. The summed E-state index contributed by atoms with van der Waals surface area (Å²) < 4.78 is 5.47. The molecule has 0 saturated carbocycles. The van der Waals surface area contributed by atoms with E-state index in [0.717, 1.165) is 58.5 Å². The first-order valence-electron chi connectivity index (χ1n) is 10.4. The fourth-order valence-electron chi connectivity index (χ4n) is 4.43. The highest BCUT2D eigenvalue weighted by Gasteiger charge is 2.24. The van der Waals surface area contributed by atoms with E-state index < -0.39 is 0 Å². The molecule has 27 heavy (non-hydrogen) atoms. The molecule has 1 amide bonds. The molecule has 4 rings (SSSR count). The molecule has 2 fully saturated rings. The van der Waals surface area contributed by atoms with Crippen LogP contribution in [0.3, 0.4) is 0 Å². The molecule has 1 unspecified atom stereocenters. The molecule has 0 aliphatic carbocycles. The summed E-state index contributed by atoms with van der Waals surface area (Å²) in [4.78, 5) is 18.2. The van der Waals surface area contributed by atoms with Gasteiger partial charge in [0.15, 0.2) is 0 Å². The number of aryl methyl sites for hydroxylation is 1. The Hall–Kier alpha value is -1.85. The fraction of sp³-hybridized carbons (Fsp3) is 0.591. The number of para-hydroxylation sites is 1. The summed E-state index contributed by atoms with van der Waals surface area (Å²) in [5.74, 6) is 0.915. The van der Waals surface area contributed by atoms with Crippen LogP contribution in [0.2, 0.25) is 0 Å². The van der Waals surface area contributed by atoms with Gasteiger partial charge in [0, 0.05) is 55.8 Å². The smallest absolute Gasteiger partial charge is 0.220 e. The Morgan fingerprint density at radius 2 is 2.07 bits per heavy atom. The largest absolute Gasteiger partial charge is 0.381 e. The number of amides is 1. The van der Waals surface area contributed by atoms with Crippen molar-refractivity contribution in [2.45, 2.75) is 44.6 Å². The number of benzene rings is 1. The van der Waals surface area contributed by atoms with Crippen LogP contribution in [-0.4, -0.2) is 54.7 Å². The van der Waals surface area contributed by atoms with Gasteiger partial charge in [-0.3, -0.25) is 4.79 Å². The number of carbonyl (C=O) groups excluding carboxylic acids is 1. The van der Waals surface area contributed by atoms with Gasteiger partial charge in [0.05, 0.1) is 6.61 Å². The second-order valence-corrected chi connectivity index (χ2v) is 8.09. The van der Waals surface area contributed by atoms with E-state index in [1.807, 2.05) is 6.07 Å². The average Bonchev–Trinajstić information content (AvgIpc) is 3.34. The lowest BCUT2D eigenvalue weighted by Gasteiger charge is -2.33. The molecule has 2 aromatic rings. The van der Waals surface area contributed by atoms with E-state index >= 15 is 0 Å². The number of nitrogens with zero attached hydrogens (tertiary/aromatic N) is 1. The molecule has 2 N–H and O–H groups in total. The third kappa shape index (κ3) is 4.90. The Labute approximate surface area is 161 Å². The SMILES string of the molecule is O=C(CCCc1c[nH]c2ccccc12)NC1CCN(CC2CCOC2)CC1. The molecular formula is C22H31N3O2. The molecule has 0 radical (unpaired) electrons. The highest BCUT2D eigenvalue weighted by Crippen LogP contribution is 2.20. The lowest BCUT2D eigenvalue weighted by molar-refractivity contribution is -0.122. The monoisotopic (exact) mass is 369 g/mol. The van der Waals surface area contributed by atoms with Crippen molar-refractivity contribution in [3.8, 4) is 0 Å². The van der Waals surface area contributed by atoms with Gasteiger partial charge in [-0.2, -0.15) is 0 Å². The molecule has 0 bridgehead atoms. The number of piperidine rings is 1. The number of carbonyl (C=O) groups is 1. The molecule has 5 heteroatoms. The molecule has 5 nitrogen and oxygen atoms in total. The molecule has 3 heterocycles. The van der Waals surface area contributed by atoms with E-state index in [-0.39, 0.29) is 5.91 Å². The predicted octanol–water partition coefficient (Wildman–Crippen LogP) is 3.11.